The van der Waals surface area contributed by atoms with E-state index in [1.165, 1.54) is 11.1 Å². The van der Waals surface area contributed by atoms with Crippen molar-refractivity contribution in [1.82, 2.24) is 5.32 Å². The molecule has 0 radical (unpaired) electrons. The smallest absolute Gasteiger partial charge is 0.0681 e. The second-order valence-electron chi connectivity index (χ2n) is 4.63. The van der Waals surface area contributed by atoms with Crippen LogP contribution in [-0.2, 0) is 13.2 Å². The zero-order valence-electron chi connectivity index (χ0n) is 10.9. The first-order valence-corrected chi connectivity index (χ1v) is 6.74. The number of nitrogens with one attached hydrogen (secondary N) is 1. The third-order valence-electron chi connectivity index (χ3n) is 3.19. The van der Waals surface area contributed by atoms with Crippen LogP contribution in [0.4, 0.5) is 0 Å². The lowest BCUT2D eigenvalue weighted by molar-refractivity contribution is 0.282. The molecule has 0 saturated heterocycles. The van der Waals surface area contributed by atoms with Gasteiger partial charge in [-0.25, -0.2) is 0 Å². The van der Waals surface area contributed by atoms with Gasteiger partial charge in [-0.2, -0.15) is 0 Å². The summed E-state index contributed by atoms with van der Waals surface area (Å²) in [5.74, 6) is 0. The van der Waals surface area contributed by atoms with E-state index in [-0.39, 0.29) is 12.6 Å². The Morgan fingerprint density at radius 1 is 1.00 bits per heavy atom. The van der Waals surface area contributed by atoms with E-state index in [1.807, 2.05) is 48.5 Å². The number of aliphatic hydroxyl groups excluding tert-OH is 1. The van der Waals surface area contributed by atoms with Crippen molar-refractivity contribution in [2.45, 2.75) is 26.1 Å². The highest BCUT2D eigenvalue weighted by molar-refractivity contribution is 6.30. The first-order chi connectivity index (χ1) is 9.19. The van der Waals surface area contributed by atoms with E-state index in [0.717, 1.165) is 17.1 Å². The molecule has 0 aromatic heterocycles. The lowest BCUT2D eigenvalue weighted by Crippen LogP contribution is -2.17. The zero-order valence-corrected chi connectivity index (χ0v) is 11.7. The minimum absolute atomic E-state index is 0.0921. The third-order valence-corrected chi connectivity index (χ3v) is 3.44. The summed E-state index contributed by atoms with van der Waals surface area (Å²) < 4.78 is 0. The van der Waals surface area contributed by atoms with Gasteiger partial charge in [-0.05, 0) is 35.7 Å². The molecular weight excluding hydrogens is 258 g/mol. The quantitative estimate of drug-likeness (QED) is 0.872. The molecule has 2 N–H and O–H groups in total. The number of benzene rings is 2. The predicted octanol–water partition coefficient (Wildman–Crippen LogP) is 3.68. The van der Waals surface area contributed by atoms with Crippen LogP contribution >= 0.6 is 11.6 Å². The number of halogens is 1. The minimum atomic E-state index is 0.0921. The van der Waals surface area contributed by atoms with E-state index < -0.39 is 0 Å². The molecular formula is C16H18ClNO. The Hall–Kier alpha value is -1.35. The first kappa shape index (κ1) is 14.1. The average Bonchev–Trinajstić information content (AvgIpc) is 2.46. The highest BCUT2D eigenvalue weighted by atomic mass is 35.5. The molecule has 100 valence electrons. The molecule has 0 heterocycles. The van der Waals surface area contributed by atoms with Gasteiger partial charge in [0.05, 0.1) is 6.61 Å². The molecule has 1 atom stereocenters. The summed E-state index contributed by atoms with van der Waals surface area (Å²) in [7, 11) is 0. The molecule has 0 bridgehead atoms. The SMILES string of the molecule is C[C@@H](NCc1ccc(CO)cc1)c1ccc(Cl)cc1. The predicted molar refractivity (Wildman–Crippen MR) is 79.1 cm³/mol. The molecule has 0 amide bonds. The summed E-state index contributed by atoms with van der Waals surface area (Å²) in [6, 6.07) is 16.1. The lowest BCUT2D eigenvalue weighted by atomic mass is 10.1. The van der Waals surface area contributed by atoms with E-state index in [0.29, 0.717) is 0 Å². The molecule has 2 aromatic rings. The van der Waals surface area contributed by atoms with Gasteiger partial charge in [0.2, 0.25) is 0 Å². The van der Waals surface area contributed by atoms with Gasteiger partial charge in [-0.1, -0.05) is 48.0 Å². The lowest BCUT2D eigenvalue weighted by Gasteiger charge is -2.14. The average molecular weight is 276 g/mol. The van der Waals surface area contributed by atoms with Crippen molar-refractivity contribution in [3.05, 3.63) is 70.2 Å². The van der Waals surface area contributed by atoms with Crippen LogP contribution in [0.5, 0.6) is 0 Å². The fraction of sp³-hybridized carbons (Fsp3) is 0.250. The number of hydrogen-bond donors (Lipinski definition) is 2. The van der Waals surface area contributed by atoms with E-state index >= 15 is 0 Å². The van der Waals surface area contributed by atoms with Gasteiger partial charge in [0.15, 0.2) is 0 Å². The number of hydrogen-bond acceptors (Lipinski definition) is 2. The summed E-state index contributed by atoms with van der Waals surface area (Å²) >= 11 is 5.88. The molecule has 0 aliphatic rings. The molecule has 19 heavy (non-hydrogen) atoms. The Kier molecular flexibility index (Phi) is 4.97. The number of rotatable bonds is 5. The van der Waals surface area contributed by atoms with E-state index in [1.54, 1.807) is 0 Å². The normalized spacial score (nSPS) is 12.4. The number of aliphatic hydroxyl groups is 1. The van der Waals surface area contributed by atoms with Gasteiger partial charge in [-0.15, -0.1) is 0 Å². The van der Waals surface area contributed by atoms with Crippen molar-refractivity contribution in [3.63, 3.8) is 0 Å². The molecule has 2 rings (SSSR count). The van der Waals surface area contributed by atoms with Crippen LogP contribution in [0.25, 0.3) is 0 Å². The maximum absolute atomic E-state index is 8.99. The topological polar surface area (TPSA) is 32.3 Å². The third kappa shape index (κ3) is 4.06. The van der Waals surface area contributed by atoms with Gasteiger partial charge in [-0.3, -0.25) is 0 Å². The summed E-state index contributed by atoms with van der Waals surface area (Å²) in [5.41, 5.74) is 3.36. The van der Waals surface area contributed by atoms with E-state index in [4.69, 9.17) is 16.7 Å². The van der Waals surface area contributed by atoms with Gasteiger partial charge >= 0.3 is 0 Å². The van der Waals surface area contributed by atoms with Crippen molar-refractivity contribution >= 4 is 11.6 Å². The van der Waals surface area contributed by atoms with Gasteiger partial charge in [0.1, 0.15) is 0 Å². The maximum Gasteiger partial charge on any atom is 0.0681 e. The highest BCUT2D eigenvalue weighted by Crippen LogP contribution is 2.16. The van der Waals surface area contributed by atoms with Gasteiger partial charge < -0.3 is 10.4 Å². The van der Waals surface area contributed by atoms with Crippen molar-refractivity contribution in [2.24, 2.45) is 0 Å². The van der Waals surface area contributed by atoms with Crippen molar-refractivity contribution < 1.29 is 5.11 Å². The summed E-state index contributed by atoms with van der Waals surface area (Å²) in [6.07, 6.45) is 0. The van der Waals surface area contributed by atoms with Crippen LogP contribution in [0, 0.1) is 0 Å². The van der Waals surface area contributed by atoms with Crippen molar-refractivity contribution in [2.75, 3.05) is 0 Å². The molecule has 2 aromatic carbocycles. The fourth-order valence-electron chi connectivity index (χ4n) is 1.90. The second kappa shape index (κ2) is 6.71. The molecule has 0 saturated carbocycles. The zero-order chi connectivity index (χ0) is 13.7. The Labute approximate surface area is 119 Å². The van der Waals surface area contributed by atoms with Crippen LogP contribution in [0.3, 0.4) is 0 Å². The molecule has 3 heteroatoms. The summed E-state index contributed by atoms with van der Waals surface area (Å²) in [6.45, 7) is 3.02. The molecule has 0 spiro atoms. The standard InChI is InChI=1S/C16H18ClNO/c1-12(15-6-8-16(17)9-7-15)18-10-13-2-4-14(11-19)5-3-13/h2-9,12,18-19H,10-11H2,1H3/t12-/m1/s1. The Balaban J connectivity index is 1.92. The van der Waals surface area contributed by atoms with Crippen LogP contribution in [-0.4, -0.2) is 5.11 Å². The van der Waals surface area contributed by atoms with E-state index in [2.05, 4.69) is 12.2 Å². The molecule has 0 aliphatic carbocycles. The minimum Gasteiger partial charge on any atom is -0.392 e. The Bertz CT molecular complexity index is 507. The second-order valence-corrected chi connectivity index (χ2v) is 5.07. The highest BCUT2D eigenvalue weighted by Gasteiger charge is 2.04. The van der Waals surface area contributed by atoms with E-state index in [9.17, 15) is 0 Å². The Morgan fingerprint density at radius 3 is 2.16 bits per heavy atom. The van der Waals surface area contributed by atoms with Crippen molar-refractivity contribution in [1.29, 1.82) is 0 Å². The van der Waals surface area contributed by atoms with Crippen LogP contribution < -0.4 is 5.32 Å². The van der Waals surface area contributed by atoms with Gasteiger partial charge in [0, 0.05) is 17.6 Å². The summed E-state index contributed by atoms with van der Waals surface area (Å²) in [4.78, 5) is 0. The van der Waals surface area contributed by atoms with Crippen molar-refractivity contribution in [3.8, 4) is 0 Å². The van der Waals surface area contributed by atoms with Crippen LogP contribution in [0.1, 0.15) is 29.7 Å². The molecule has 0 fully saturated rings. The van der Waals surface area contributed by atoms with Crippen LogP contribution in [0.15, 0.2) is 48.5 Å². The molecule has 2 nitrogen and oxygen atoms in total. The Morgan fingerprint density at radius 2 is 1.58 bits per heavy atom. The first-order valence-electron chi connectivity index (χ1n) is 6.36. The van der Waals surface area contributed by atoms with Crippen LogP contribution in [0.2, 0.25) is 5.02 Å². The summed E-state index contributed by atoms with van der Waals surface area (Å²) in [5, 5.41) is 13.2. The monoisotopic (exact) mass is 275 g/mol. The van der Waals surface area contributed by atoms with Gasteiger partial charge in [0.25, 0.3) is 0 Å². The largest absolute Gasteiger partial charge is 0.392 e. The molecule has 0 aliphatic heterocycles. The fourth-order valence-corrected chi connectivity index (χ4v) is 2.03. The molecule has 0 unspecified atom stereocenters. The maximum atomic E-state index is 8.99.